The molecule has 0 saturated carbocycles. The van der Waals surface area contributed by atoms with E-state index in [9.17, 15) is 14.7 Å². The SMILES string of the molecule is CCc1cccc(CC)c1NC(=O)CC1(C(=O)O)Cc2ccccc2C1. The van der Waals surface area contributed by atoms with Gasteiger partial charge in [0.2, 0.25) is 5.91 Å². The van der Waals surface area contributed by atoms with Crippen LogP contribution in [0, 0.1) is 5.41 Å². The standard InChI is InChI=1S/C22H25NO3/c1-3-15-10-7-11-16(4-2)20(15)23-19(24)14-22(21(25)26)12-17-8-5-6-9-18(17)13-22/h5-11H,3-4,12-14H2,1-2H3,(H,23,24)(H,25,26). The Kier molecular flexibility index (Phi) is 5.12. The normalized spacial score (nSPS) is 14.7. The summed E-state index contributed by atoms with van der Waals surface area (Å²) < 4.78 is 0. The molecule has 1 aliphatic rings. The Labute approximate surface area is 154 Å². The largest absolute Gasteiger partial charge is 0.481 e. The number of hydrogen-bond acceptors (Lipinski definition) is 2. The van der Waals surface area contributed by atoms with Gasteiger partial charge in [0.25, 0.3) is 0 Å². The maximum Gasteiger partial charge on any atom is 0.310 e. The van der Waals surface area contributed by atoms with Crippen molar-refractivity contribution in [1.29, 1.82) is 0 Å². The van der Waals surface area contributed by atoms with Crippen molar-refractivity contribution < 1.29 is 14.7 Å². The number of aryl methyl sites for hydroxylation is 2. The lowest BCUT2D eigenvalue weighted by atomic mass is 9.81. The number of hydrogen-bond donors (Lipinski definition) is 2. The minimum absolute atomic E-state index is 0.0157. The van der Waals surface area contributed by atoms with Gasteiger partial charge in [0.05, 0.1) is 5.41 Å². The van der Waals surface area contributed by atoms with E-state index in [0.29, 0.717) is 12.8 Å². The van der Waals surface area contributed by atoms with E-state index in [1.807, 2.05) is 42.5 Å². The molecule has 0 bridgehead atoms. The monoisotopic (exact) mass is 351 g/mol. The number of amides is 1. The maximum atomic E-state index is 12.8. The average molecular weight is 351 g/mol. The molecule has 2 aromatic rings. The van der Waals surface area contributed by atoms with Crippen LogP contribution in [0.15, 0.2) is 42.5 Å². The number of carboxylic acid groups (broad SMARTS) is 1. The van der Waals surface area contributed by atoms with Crippen LogP contribution < -0.4 is 5.32 Å². The number of anilines is 1. The van der Waals surface area contributed by atoms with Crippen LogP contribution in [0.3, 0.4) is 0 Å². The minimum Gasteiger partial charge on any atom is -0.481 e. The summed E-state index contributed by atoms with van der Waals surface area (Å²) in [5.41, 5.74) is 4.02. The highest BCUT2D eigenvalue weighted by Gasteiger charge is 2.45. The van der Waals surface area contributed by atoms with E-state index in [4.69, 9.17) is 0 Å². The van der Waals surface area contributed by atoms with Gasteiger partial charge >= 0.3 is 5.97 Å². The van der Waals surface area contributed by atoms with Gasteiger partial charge in [0, 0.05) is 12.1 Å². The molecule has 0 aromatic heterocycles. The Bertz CT molecular complexity index is 794. The molecule has 4 heteroatoms. The minimum atomic E-state index is -1.05. The van der Waals surface area contributed by atoms with Gasteiger partial charge in [-0.15, -0.1) is 0 Å². The molecular formula is C22H25NO3. The number of rotatable bonds is 6. The van der Waals surface area contributed by atoms with Gasteiger partial charge < -0.3 is 10.4 Å². The predicted octanol–water partition coefficient (Wildman–Crippen LogP) is 4.01. The molecule has 3 rings (SSSR count). The maximum absolute atomic E-state index is 12.8. The number of para-hydroxylation sites is 1. The molecule has 2 N–H and O–H groups in total. The van der Waals surface area contributed by atoms with Crippen molar-refractivity contribution >= 4 is 17.6 Å². The van der Waals surface area contributed by atoms with Crippen molar-refractivity contribution in [1.82, 2.24) is 0 Å². The molecule has 0 fully saturated rings. The molecule has 1 aliphatic carbocycles. The quantitative estimate of drug-likeness (QED) is 0.826. The lowest BCUT2D eigenvalue weighted by Gasteiger charge is -2.24. The topological polar surface area (TPSA) is 66.4 Å². The first-order valence-electron chi connectivity index (χ1n) is 9.20. The first kappa shape index (κ1) is 18.2. The molecule has 0 spiro atoms. The second-order valence-corrected chi connectivity index (χ2v) is 7.09. The Morgan fingerprint density at radius 2 is 1.50 bits per heavy atom. The first-order chi connectivity index (χ1) is 12.5. The molecule has 0 radical (unpaired) electrons. The number of nitrogens with one attached hydrogen (secondary N) is 1. The third kappa shape index (κ3) is 3.36. The van der Waals surface area contributed by atoms with Crippen molar-refractivity contribution in [3.05, 3.63) is 64.7 Å². The number of fused-ring (bicyclic) bond motifs is 1. The summed E-state index contributed by atoms with van der Waals surface area (Å²) in [4.78, 5) is 24.8. The Morgan fingerprint density at radius 3 is 1.96 bits per heavy atom. The van der Waals surface area contributed by atoms with E-state index in [1.165, 1.54) is 0 Å². The van der Waals surface area contributed by atoms with Crippen molar-refractivity contribution in [2.24, 2.45) is 5.41 Å². The van der Waals surface area contributed by atoms with Gasteiger partial charge in [-0.1, -0.05) is 56.3 Å². The van der Waals surface area contributed by atoms with Gasteiger partial charge in [-0.05, 0) is 47.9 Å². The number of carbonyl (C=O) groups is 2. The molecule has 0 saturated heterocycles. The zero-order valence-corrected chi connectivity index (χ0v) is 15.3. The Hall–Kier alpha value is -2.62. The molecule has 4 nitrogen and oxygen atoms in total. The highest BCUT2D eigenvalue weighted by atomic mass is 16.4. The van der Waals surface area contributed by atoms with Crippen LogP contribution in [0.5, 0.6) is 0 Å². The van der Waals surface area contributed by atoms with E-state index in [2.05, 4.69) is 19.2 Å². The van der Waals surface area contributed by atoms with Crippen molar-refractivity contribution in [3.8, 4) is 0 Å². The van der Waals surface area contributed by atoms with E-state index in [-0.39, 0.29) is 12.3 Å². The molecule has 136 valence electrons. The number of carboxylic acids is 1. The van der Waals surface area contributed by atoms with Gasteiger partial charge in [-0.25, -0.2) is 0 Å². The first-order valence-corrected chi connectivity index (χ1v) is 9.20. The second kappa shape index (κ2) is 7.32. The molecule has 0 aliphatic heterocycles. The third-order valence-electron chi connectivity index (χ3n) is 5.39. The highest BCUT2D eigenvalue weighted by molar-refractivity contribution is 5.96. The van der Waals surface area contributed by atoms with E-state index in [1.54, 1.807) is 0 Å². The summed E-state index contributed by atoms with van der Waals surface area (Å²) in [6.07, 6.45) is 2.43. The van der Waals surface area contributed by atoms with Gasteiger partial charge in [-0.3, -0.25) is 9.59 Å². The average Bonchev–Trinajstić information content (AvgIpc) is 3.01. The number of aliphatic carboxylic acids is 1. The summed E-state index contributed by atoms with van der Waals surface area (Å²) in [7, 11) is 0. The van der Waals surface area contributed by atoms with E-state index in [0.717, 1.165) is 40.8 Å². The highest BCUT2D eigenvalue weighted by Crippen LogP contribution is 2.40. The lowest BCUT2D eigenvalue weighted by Crippen LogP contribution is -2.36. The summed E-state index contributed by atoms with van der Waals surface area (Å²) >= 11 is 0. The van der Waals surface area contributed by atoms with Crippen LogP contribution in [0.4, 0.5) is 5.69 Å². The lowest BCUT2D eigenvalue weighted by molar-refractivity contribution is -0.150. The fourth-order valence-corrected chi connectivity index (χ4v) is 3.94. The van der Waals surface area contributed by atoms with Crippen molar-refractivity contribution in [2.75, 3.05) is 5.32 Å². The molecule has 2 aromatic carbocycles. The molecular weight excluding hydrogens is 326 g/mol. The van der Waals surface area contributed by atoms with Gasteiger partial charge in [0.1, 0.15) is 0 Å². The number of benzene rings is 2. The van der Waals surface area contributed by atoms with Crippen LogP contribution in [-0.2, 0) is 35.3 Å². The van der Waals surface area contributed by atoms with Gasteiger partial charge in [-0.2, -0.15) is 0 Å². The fourth-order valence-electron chi connectivity index (χ4n) is 3.94. The summed E-state index contributed by atoms with van der Waals surface area (Å²) in [6.45, 7) is 4.10. The number of carbonyl (C=O) groups excluding carboxylic acids is 1. The van der Waals surface area contributed by atoms with Crippen molar-refractivity contribution in [3.63, 3.8) is 0 Å². The summed E-state index contributed by atoms with van der Waals surface area (Å²) in [5, 5.41) is 12.9. The van der Waals surface area contributed by atoms with E-state index >= 15 is 0 Å². The third-order valence-corrected chi connectivity index (χ3v) is 5.39. The molecule has 26 heavy (non-hydrogen) atoms. The van der Waals surface area contributed by atoms with Crippen LogP contribution in [0.25, 0.3) is 0 Å². The smallest absolute Gasteiger partial charge is 0.310 e. The van der Waals surface area contributed by atoms with Crippen LogP contribution in [0.2, 0.25) is 0 Å². The predicted molar refractivity (Wildman–Crippen MR) is 102 cm³/mol. The molecule has 0 unspecified atom stereocenters. The van der Waals surface area contributed by atoms with Gasteiger partial charge in [0.15, 0.2) is 0 Å². The summed E-state index contributed by atoms with van der Waals surface area (Å²) in [5.74, 6) is -1.13. The van der Waals surface area contributed by atoms with Crippen molar-refractivity contribution in [2.45, 2.75) is 46.0 Å². The van der Waals surface area contributed by atoms with Crippen LogP contribution in [-0.4, -0.2) is 17.0 Å². The zero-order chi connectivity index (χ0) is 18.7. The zero-order valence-electron chi connectivity index (χ0n) is 15.3. The fraction of sp³-hybridized carbons (Fsp3) is 0.364. The molecule has 0 heterocycles. The Balaban J connectivity index is 1.83. The molecule has 1 amide bonds. The van der Waals surface area contributed by atoms with Crippen LogP contribution >= 0.6 is 0 Å². The van der Waals surface area contributed by atoms with E-state index < -0.39 is 11.4 Å². The Morgan fingerprint density at radius 1 is 0.962 bits per heavy atom. The second-order valence-electron chi connectivity index (χ2n) is 7.09. The van der Waals surface area contributed by atoms with Crippen LogP contribution in [0.1, 0.15) is 42.5 Å². The molecule has 0 atom stereocenters. The summed E-state index contributed by atoms with van der Waals surface area (Å²) in [6, 6.07) is 13.8.